The van der Waals surface area contributed by atoms with Gasteiger partial charge < -0.3 is 15.1 Å². The van der Waals surface area contributed by atoms with Crippen LogP contribution in [0.15, 0.2) is 42.5 Å². The molecule has 0 radical (unpaired) electrons. The molecule has 1 atom stereocenters. The molecule has 1 aliphatic heterocycles. The molecule has 1 aliphatic rings. The van der Waals surface area contributed by atoms with Crippen LogP contribution in [0.5, 0.6) is 11.5 Å². The fourth-order valence-corrected chi connectivity index (χ4v) is 4.01. The van der Waals surface area contributed by atoms with Gasteiger partial charge in [0.05, 0.1) is 5.75 Å². The summed E-state index contributed by atoms with van der Waals surface area (Å²) >= 11 is 7.64. The van der Waals surface area contributed by atoms with Gasteiger partial charge in [0.25, 0.3) is 0 Å². The van der Waals surface area contributed by atoms with E-state index in [1.54, 1.807) is 17.8 Å². The molecule has 1 unspecified atom stereocenters. The van der Waals surface area contributed by atoms with Gasteiger partial charge in [0.1, 0.15) is 5.37 Å². The van der Waals surface area contributed by atoms with Crippen LogP contribution in [0, 0.1) is 0 Å². The number of aromatic hydroxyl groups is 2. The molecule has 6 heteroatoms. The molecule has 4 nitrogen and oxygen atoms in total. The fourth-order valence-electron chi connectivity index (χ4n) is 2.61. The van der Waals surface area contributed by atoms with Gasteiger partial charge in [-0.3, -0.25) is 4.79 Å². The number of benzene rings is 2. The minimum atomic E-state index is -0.143. The Labute approximate surface area is 143 Å². The normalized spacial score (nSPS) is 17.7. The Hall–Kier alpha value is -1.85. The van der Waals surface area contributed by atoms with Gasteiger partial charge in [-0.25, -0.2) is 0 Å². The van der Waals surface area contributed by atoms with E-state index in [0.717, 1.165) is 11.1 Å². The van der Waals surface area contributed by atoms with Crippen LogP contribution in [-0.2, 0) is 11.2 Å². The van der Waals surface area contributed by atoms with Crippen molar-refractivity contribution >= 4 is 29.3 Å². The Kier molecular flexibility index (Phi) is 4.68. The summed E-state index contributed by atoms with van der Waals surface area (Å²) in [5.74, 6) is 0.273. The van der Waals surface area contributed by atoms with Gasteiger partial charge in [0.15, 0.2) is 11.5 Å². The van der Waals surface area contributed by atoms with Gasteiger partial charge in [-0.2, -0.15) is 0 Å². The summed E-state index contributed by atoms with van der Waals surface area (Å²) in [7, 11) is 0. The predicted molar refractivity (Wildman–Crippen MR) is 91.8 cm³/mol. The molecule has 1 heterocycles. The van der Waals surface area contributed by atoms with Crippen molar-refractivity contribution in [1.82, 2.24) is 4.90 Å². The molecule has 0 saturated carbocycles. The number of halogens is 1. The Bertz CT molecular complexity index is 738. The van der Waals surface area contributed by atoms with Crippen molar-refractivity contribution in [2.75, 3.05) is 12.3 Å². The van der Waals surface area contributed by atoms with Crippen LogP contribution >= 0.6 is 23.4 Å². The zero-order valence-electron chi connectivity index (χ0n) is 12.3. The summed E-state index contributed by atoms with van der Waals surface area (Å²) < 4.78 is 0. The third-order valence-electron chi connectivity index (χ3n) is 3.78. The summed E-state index contributed by atoms with van der Waals surface area (Å²) in [4.78, 5) is 14.0. The molecule has 1 saturated heterocycles. The maximum absolute atomic E-state index is 12.2. The zero-order valence-corrected chi connectivity index (χ0v) is 13.8. The molecule has 1 amide bonds. The molecule has 0 aromatic heterocycles. The summed E-state index contributed by atoms with van der Waals surface area (Å²) in [6.45, 7) is 0.549. The first-order valence-corrected chi connectivity index (χ1v) is 8.64. The van der Waals surface area contributed by atoms with Gasteiger partial charge >= 0.3 is 0 Å². The van der Waals surface area contributed by atoms with E-state index >= 15 is 0 Å². The lowest BCUT2D eigenvalue weighted by atomic mass is 10.1. The van der Waals surface area contributed by atoms with Gasteiger partial charge in [-0.05, 0) is 41.8 Å². The van der Waals surface area contributed by atoms with Crippen LogP contribution in [0.4, 0.5) is 0 Å². The number of phenolic OH excluding ortho intramolecular Hbond substituents is 2. The largest absolute Gasteiger partial charge is 0.504 e. The third kappa shape index (κ3) is 3.57. The highest BCUT2D eigenvalue weighted by molar-refractivity contribution is 8.00. The summed E-state index contributed by atoms with van der Waals surface area (Å²) in [6.07, 6.45) is 0.608. The molecule has 2 aromatic carbocycles. The minimum absolute atomic E-state index is 0.0353. The van der Waals surface area contributed by atoms with E-state index in [4.69, 9.17) is 11.6 Å². The number of hydrogen-bond donors (Lipinski definition) is 2. The van der Waals surface area contributed by atoms with Crippen molar-refractivity contribution in [2.24, 2.45) is 0 Å². The van der Waals surface area contributed by atoms with Crippen LogP contribution in [0.25, 0.3) is 0 Å². The zero-order chi connectivity index (χ0) is 16.4. The second kappa shape index (κ2) is 6.72. The molecule has 120 valence electrons. The number of rotatable bonds is 4. The molecule has 0 spiro atoms. The Morgan fingerprint density at radius 2 is 2.00 bits per heavy atom. The monoisotopic (exact) mass is 349 g/mol. The number of hydrogen-bond acceptors (Lipinski definition) is 4. The molecule has 2 aromatic rings. The number of thioether (sulfide) groups is 1. The molecule has 3 rings (SSSR count). The topological polar surface area (TPSA) is 60.8 Å². The molecular weight excluding hydrogens is 334 g/mol. The first-order valence-electron chi connectivity index (χ1n) is 7.22. The summed E-state index contributed by atoms with van der Waals surface area (Å²) in [5, 5.41) is 19.5. The average Bonchev–Trinajstić information content (AvgIpc) is 2.89. The van der Waals surface area contributed by atoms with Crippen molar-refractivity contribution in [3.05, 3.63) is 58.6 Å². The van der Waals surface area contributed by atoms with Crippen LogP contribution in [0.1, 0.15) is 16.5 Å². The number of carbonyl (C=O) groups excluding carboxylic acids is 1. The molecule has 23 heavy (non-hydrogen) atoms. The average molecular weight is 350 g/mol. The van der Waals surface area contributed by atoms with Crippen molar-refractivity contribution in [3.8, 4) is 11.5 Å². The summed E-state index contributed by atoms with van der Waals surface area (Å²) in [5.41, 5.74) is 1.89. The van der Waals surface area contributed by atoms with Gasteiger partial charge in [0, 0.05) is 11.6 Å². The van der Waals surface area contributed by atoms with E-state index in [0.29, 0.717) is 23.7 Å². The third-order valence-corrected chi connectivity index (χ3v) is 5.27. The Balaban J connectivity index is 1.74. The van der Waals surface area contributed by atoms with Crippen LogP contribution in [-0.4, -0.2) is 33.3 Å². The molecule has 0 aliphatic carbocycles. The van der Waals surface area contributed by atoms with Crippen LogP contribution < -0.4 is 0 Å². The van der Waals surface area contributed by atoms with Gasteiger partial charge in [-0.15, -0.1) is 11.8 Å². The lowest BCUT2D eigenvalue weighted by molar-refractivity contribution is -0.128. The lowest BCUT2D eigenvalue weighted by Gasteiger charge is -2.24. The first-order chi connectivity index (χ1) is 11.0. The van der Waals surface area contributed by atoms with Crippen LogP contribution in [0.3, 0.4) is 0 Å². The second-order valence-corrected chi connectivity index (χ2v) is 6.88. The Morgan fingerprint density at radius 3 is 2.74 bits per heavy atom. The van der Waals surface area contributed by atoms with Crippen molar-refractivity contribution in [2.45, 2.75) is 11.8 Å². The predicted octanol–water partition coefficient (Wildman–Crippen LogP) is 3.57. The van der Waals surface area contributed by atoms with E-state index in [-0.39, 0.29) is 22.8 Å². The van der Waals surface area contributed by atoms with Crippen LogP contribution in [0.2, 0.25) is 5.02 Å². The fraction of sp³-hybridized carbons (Fsp3) is 0.235. The standard InChI is InChI=1S/C17H16ClNO3S/c18-13-3-1-2-12(9-13)17-19(16(22)10-23-17)7-6-11-4-5-14(20)15(21)8-11/h1-5,8-9,17,20-21H,6-7,10H2. The Morgan fingerprint density at radius 1 is 1.17 bits per heavy atom. The highest BCUT2D eigenvalue weighted by Crippen LogP contribution is 2.39. The van der Waals surface area contributed by atoms with Crippen molar-refractivity contribution < 1.29 is 15.0 Å². The van der Waals surface area contributed by atoms with E-state index in [9.17, 15) is 15.0 Å². The number of carbonyl (C=O) groups is 1. The summed E-state index contributed by atoms with van der Waals surface area (Å²) in [6, 6.07) is 12.3. The molecule has 0 bridgehead atoms. The van der Waals surface area contributed by atoms with Crippen molar-refractivity contribution in [1.29, 1.82) is 0 Å². The van der Waals surface area contributed by atoms with E-state index in [1.165, 1.54) is 12.1 Å². The molecular formula is C17H16ClNO3S. The van der Waals surface area contributed by atoms with Gasteiger partial charge in [-0.1, -0.05) is 29.8 Å². The van der Waals surface area contributed by atoms with E-state index < -0.39 is 0 Å². The maximum Gasteiger partial charge on any atom is 0.233 e. The maximum atomic E-state index is 12.2. The second-order valence-electron chi connectivity index (χ2n) is 5.38. The molecule has 1 fully saturated rings. The SMILES string of the molecule is O=C1CSC(c2cccc(Cl)c2)N1CCc1ccc(O)c(O)c1. The molecule has 2 N–H and O–H groups in total. The quantitative estimate of drug-likeness (QED) is 0.828. The number of nitrogens with zero attached hydrogens (tertiary/aromatic N) is 1. The van der Waals surface area contributed by atoms with Crippen molar-refractivity contribution in [3.63, 3.8) is 0 Å². The number of amides is 1. The highest BCUT2D eigenvalue weighted by atomic mass is 35.5. The van der Waals surface area contributed by atoms with E-state index in [1.807, 2.05) is 29.2 Å². The van der Waals surface area contributed by atoms with Gasteiger partial charge in [0.2, 0.25) is 5.91 Å². The number of phenols is 2. The smallest absolute Gasteiger partial charge is 0.233 e. The lowest BCUT2D eigenvalue weighted by Crippen LogP contribution is -2.30. The minimum Gasteiger partial charge on any atom is -0.504 e. The van der Waals surface area contributed by atoms with E-state index in [2.05, 4.69) is 0 Å². The first kappa shape index (κ1) is 16.0. The highest BCUT2D eigenvalue weighted by Gasteiger charge is 2.32.